The number of halogens is 1. The highest BCUT2D eigenvalue weighted by molar-refractivity contribution is 5.94. The van der Waals surface area contributed by atoms with E-state index in [2.05, 4.69) is 25.8 Å². The van der Waals surface area contributed by atoms with Gasteiger partial charge >= 0.3 is 0 Å². The molecule has 116 valence electrons. The van der Waals surface area contributed by atoms with E-state index < -0.39 is 0 Å². The highest BCUT2D eigenvalue weighted by Gasteiger charge is 2.24. The molecule has 0 atom stereocenters. The Kier molecular flexibility index (Phi) is 5.34. The molecule has 0 unspecified atom stereocenters. The second-order valence-electron chi connectivity index (χ2n) is 6.28. The fourth-order valence-corrected chi connectivity index (χ4v) is 2.71. The predicted octanol–water partition coefficient (Wildman–Crippen LogP) is 3.02. The first-order valence-corrected chi connectivity index (χ1v) is 7.72. The van der Waals surface area contributed by atoms with Gasteiger partial charge in [0.05, 0.1) is 0 Å². The number of likely N-dealkylation sites (tertiary alicyclic amines) is 1. The third-order valence-electron chi connectivity index (χ3n) is 4.42. The van der Waals surface area contributed by atoms with Crippen LogP contribution in [-0.4, -0.2) is 48.4 Å². The lowest BCUT2D eigenvalue weighted by molar-refractivity contribution is 0.0666. The number of rotatable bonds is 4. The Morgan fingerprint density at radius 2 is 1.86 bits per heavy atom. The molecule has 1 aliphatic rings. The second-order valence-corrected chi connectivity index (χ2v) is 6.28. The number of carbonyl (C=O) groups excluding carboxylic acids is 1. The molecule has 0 spiro atoms. The number of carbonyl (C=O) groups is 1. The van der Waals surface area contributed by atoms with E-state index in [1.165, 1.54) is 12.1 Å². The minimum atomic E-state index is -0.304. The van der Waals surface area contributed by atoms with Crippen LogP contribution in [0.4, 0.5) is 4.39 Å². The first-order valence-electron chi connectivity index (χ1n) is 7.72. The molecule has 1 aliphatic heterocycles. The molecule has 0 bridgehead atoms. The lowest BCUT2D eigenvalue weighted by Crippen LogP contribution is -2.42. The van der Waals surface area contributed by atoms with E-state index in [1.807, 2.05) is 4.90 Å². The zero-order valence-electron chi connectivity index (χ0n) is 13.2. The Morgan fingerprint density at radius 1 is 1.29 bits per heavy atom. The largest absolute Gasteiger partial charge is 0.339 e. The molecule has 0 radical (unpaired) electrons. The molecule has 1 aromatic rings. The molecule has 0 aliphatic carbocycles. The molecule has 0 aromatic heterocycles. The predicted molar refractivity (Wildman–Crippen MR) is 82.8 cm³/mol. The van der Waals surface area contributed by atoms with Gasteiger partial charge in [0, 0.05) is 31.2 Å². The van der Waals surface area contributed by atoms with Crippen molar-refractivity contribution in [2.24, 2.45) is 5.92 Å². The topological polar surface area (TPSA) is 23.6 Å². The lowest BCUT2D eigenvalue weighted by atomic mass is 9.95. The van der Waals surface area contributed by atoms with Gasteiger partial charge in [-0.2, -0.15) is 0 Å². The summed E-state index contributed by atoms with van der Waals surface area (Å²) >= 11 is 0. The maximum absolute atomic E-state index is 12.9. The Balaban J connectivity index is 1.86. The van der Waals surface area contributed by atoms with Crippen LogP contribution in [0.15, 0.2) is 24.3 Å². The molecule has 0 N–H and O–H groups in total. The van der Waals surface area contributed by atoms with Crippen LogP contribution in [0.1, 0.15) is 37.0 Å². The number of amides is 1. The van der Waals surface area contributed by atoms with Crippen molar-refractivity contribution >= 4 is 5.91 Å². The summed E-state index contributed by atoms with van der Waals surface area (Å²) in [4.78, 5) is 16.6. The lowest BCUT2D eigenvalue weighted by Gasteiger charge is -2.35. The van der Waals surface area contributed by atoms with Gasteiger partial charge in [-0.05, 0) is 63.9 Å². The second kappa shape index (κ2) is 7.03. The monoisotopic (exact) mass is 292 g/mol. The van der Waals surface area contributed by atoms with E-state index in [9.17, 15) is 9.18 Å². The zero-order valence-corrected chi connectivity index (χ0v) is 13.2. The molecule has 1 fully saturated rings. The molecule has 0 saturated carbocycles. The number of piperidine rings is 1. The number of benzene rings is 1. The highest BCUT2D eigenvalue weighted by Crippen LogP contribution is 2.20. The average molecular weight is 292 g/mol. The third-order valence-corrected chi connectivity index (χ3v) is 4.42. The molecular weight excluding hydrogens is 267 g/mol. The van der Waals surface area contributed by atoms with Gasteiger partial charge in [-0.3, -0.25) is 4.79 Å². The minimum Gasteiger partial charge on any atom is -0.339 e. The average Bonchev–Trinajstić information content (AvgIpc) is 2.48. The van der Waals surface area contributed by atoms with E-state index in [0.29, 0.717) is 17.5 Å². The fraction of sp³-hybridized carbons (Fsp3) is 0.588. The quantitative estimate of drug-likeness (QED) is 0.851. The summed E-state index contributed by atoms with van der Waals surface area (Å²) in [6, 6.07) is 6.38. The van der Waals surface area contributed by atoms with Crippen molar-refractivity contribution in [3.05, 3.63) is 35.6 Å². The van der Waals surface area contributed by atoms with E-state index in [0.717, 1.165) is 32.5 Å². The van der Waals surface area contributed by atoms with Crippen molar-refractivity contribution in [3.63, 3.8) is 0 Å². The molecule has 3 nitrogen and oxygen atoms in total. The standard InChI is InChI=1S/C17H25FN2O/c1-13(2)19(3)12-14-8-10-20(11-9-14)17(21)15-4-6-16(18)7-5-15/h4-7,13-14H,8-12H2,1-3H3. The van der Waals surface area contributed by atoms with Crippen LogP contribution in [0, 0.1) is 11.7 Å². The van der Waals surface area contributed by atoms with E-state index >= 15 is 0 Å². The van der Waals surface area contributed by atoms with Gasteiger partial charge in [0.25, 0.3) is 5.91 Å². The molecule has 2 rings (SSSR count). The summed E-state index contributed by atoms with van der Waals surface area (Å²) in [6.07, 6.45) is 2.09. The van der Waals surface area contributed by atoms with Gasteiger partial charge < -0.3 is 9.80 Å². The van der Waals surface area contributed by atoms with Crippen LogP contribution in [0.5, 0.6) is 0 Å². The van der Waals surface area contributed by atoms with Crippen molar-refractivity contribution in [2.75, 3.05) is 26.7 Å². The summed E-state index contributed by atoms with van der Waals surface area (Å²) in [7, 11) is 2.15. The summed E-state index contributed by atoms with van der Waals surface area (Å²) in [6.45, 7) is 7.09. The Morgan fingerprint density at radius 3 is 2.38 bits per heavy atom. The van der Waals surface area contributed by atoms with Crippen LogP contribution in [0.2, 0.25) is 0 Å². The molecule has 1 amide bonds. The molecule has 1 heterocycles. The van der Waals surface area contributed by atoms with Gasteiger partial charge in [0.2, 0.25) is 0 Å². The number of hydrogen-bond donors (Lipinski definition) is 0. The van der Waals surface area contributed by atoms with Crippen LogP contribution in [0.25, 0.3) is 0 Å². The minimum absolute atomic E-state index is 0.0191. The molecule has 1 aromatic carbocycles. The van der Waals surface area contributed by atoms with E-state index in [4.69, 9.17) is 0 Å². The Labute approximate surface area is 126 Å². The van der Waals surface area contributed by atoms with Crippen LogP contribution in [-0.2, 0) is 0 Å². The van der Waals surface area contributed by atoms with Gasteiger partial charge in [-0.1, -0.05) is 0 Å². The molecule has 1 saturated heterocycles. The number of hydrogen-bond acceptors (Lipinski definition) is 2. The van der Waals surface area contributed by atoms with Gasteiger partial charge in [0.1, 0.15) is 5.82 Å². The first-order chi connectivity index (χ1) is 9.97. The maximum atomic E-state index is 12.9. The van der Waals surface area contributed by atoms with Crippen molar-refractivity contribution in [3.8, 4) is 0 Å². The van der Waals surface area contributed by atoms with Gasteiger partial charge in [-0.25, -0.2) is 4.39 Å². The molecule has 4 heteroatoms. The summed E-state index contributed by atoms with van der Waals surface area (Å²) in [5, 5.41) is 0. The summed E-state index contributed by atoms with van der Waals surface area (Å²) < 4.78 is 12.9. The van der Waals surface area contributed by atoms with Crippen LogP contribution in [0.3, 0.4) is 0 Å². The molecular formula is C17H25FN2O. The molecule has 21 heavy (non-hydrogen) atoms. The first kappa shape index (κ1) is 16.0. The van der Waals surface area contributed by atoms with Crippen molar-refractivity contribution in [2.45, 2.75) is 32.7 Å². The van der Waals surface area contributed by atoms with Crippen LogP contribution >= 0.6 is 0 Å². The number of nitrogens with zero attached hydrogens (tertiary/aromatic N) is 2. The van der Waals surface area contributed by atoms with Crippen molar-refractivity contribution in [1.82, 2.24) is 9.80 Å². The van der Waals surface area contributed by atoms with E-state index in [-0.39, 0.29) is 11.7 Å². The van der Waals surface area contributed by atoms with Gasteiger partial charge in [-0.15, -0.1) is 0 Å². The SMILES string of the molecule is CC(C)N(C)CC1CCN(C(=O)c2ccc(F)cc2)CC1. The normalized spacial score (nSPS) is 16.8. The van der Waals surface area contributed by atoms with Crippen molar-refractivity contribution < 1.29 is 9.18 Å². The smallest absolute Gasteiger partial charge is 0.253 e. The van der Waals surface area contributed by atoms with Gasteiger partial charge in [0.15, 0.2) is 0 Å². The maximum Gasteiger partial charge on any atom is 0.253 e. The fourth-order valence-electron chi connectivity index (χ4n) is 2.71. The highest BCUT2D eigenvalue weighted by atomic mass is 19.1. The Bertz CT molecular complexity index is 464. The van der Waals surface area contributed by atoms with E-state index in [1.54, 1.807) is 12.1 Å². The Hall–Kier alpha value is -1.42. The third kappa shape index (κ3) is 4.27. The summed E-state index contributed by atoms with van der Waals surface area (Å²) in [5.74, 6) is 0.377. The summed E-state index contributed by atoms with van der Waals surface area (Å²) in [5.41, 5.74) is 0.578. The zero-order chi connectivity index (χ0) is 15.4. The van der Waals surface area contributed by atoms with Crippen molar-refractivity contribution in [1.29, 1.82) is 0 Å². The van der Waals surface area contributed by atoms with Crippen LogP contribution < -0.4 is 0 Å².